The van der Waals surface area contributed by atoms with E-state index in [0.29, 0.717) is 10.0 Å². The molecule has 172 valence electrons. The van der Waals surface area contributed by atoms with E-state index in [9.17, 15) is 4.79 Å². The smallest absolute Gasteiger partial charge is 0.228 e. The summed E-state index contributed by atoms with van der Waals surface area (Å²) < 4.78 is 0. The average molecular weight is 500 g/mol. The number of carbonyl (C=O) groups is 1. The molecule has 1 heterocycles. The first kappa shape index (κ1) is 24.2. The standard InChI is InChI=1S/C27H28Cl2N2OS/c1-19-14-21(18-33-23-7-3-2-4-8-23)10-12-26(19)30-27(32)22-6-5-13-31(17-22)16-20-9-11-24(28)25(29)15-20/h2-4,7-12,14-15,22H,5-6,13,16-18H2,1H3,(H,30,32). The zero-order chi connectivity index (χ0) is 23.2. The molecule has 4 rings (SSSR count). The Labute approximate surface area is 210 Å². The number of piperidine rings is 1. The van der Waals surface area contributed by atoms with Gasteiger partial charge >= 0.3 is 0 Å². The third-order valence-corrected chi connectivity index (χ3v) is 7.79. The second-order valence-corrected chi connectivity index (χ2v) is 10.4. The van der Waals surface area contributed by atoms with Crippen molar-refractivity contribution in [2.45, 2.75) is 37.0 Å². The number of aryl methyl sites for hydroxylation is 1. The van der Waals surface area contributed by atoms with E-state index in [1.54, 1.807) is 0 Å². The summed E-state index contributed by atoms with van der Waals surface area (Å²) in [5.74, 6) is 0.989. The molecule has 0 bridgehead atoms. The van der Waals surface area contributed by atoms with Crippen LogP contribution >= 0.6 is 35.0 Å². The summed E-state index contributed by atoms with van der Waals surface area (Å²) in [5.41, 5.74) is 4.36. The summed E-state index contributed by atoms with van der Waals surface area (Å²) in [4.78, 5) is 16.6. The number of anilines is 1. The number of carbonyl (C=O) groups excluding carboxylic acids is 1. The van der Waals surface area contributed by atoms with Gasteiger partial charge in [-0.25, -0.2) is 0 Å². The molecule has 1 atom stereocenters. The van der Waals surface area contributed by atoms with Crippen molar-refractivity contribution >= 4 is 46.6 Å². The van der Waals surface area contributed by atoms with Gasteiger partial charge in [0.1, 0.15) is 0 Å². The molecule has 1 fully saturated rings. The van der Waals surface area contributed by atoms with Gasteiger partial charge in [0.25, 0.3) is 0 Å². The van der Waals surface area contributed by atoms with Gasteiger partial charge in [0, 0.05) is 29.4 Å². The number of hydrogen-bond donors (Lipinski definition) is 1. The summed E-state index contributed by atoms with van der Waals surface area (Å²) >= 11 is 14.0. The van der Waals surface area contributed by atoms with E-state index in [1.165, 1.54) is 10.5 Å². The van der Waals surface area contributed by atoms with Crippen molar-refractivity contribution in [3.63, 3.8) is 0 Å². The van der Waals surface area contributed by atoms with Gasteiger partial charge in [-0.2, -0.15) is 0 Å². The van der Waals surface area contributed by atoms with Crippen LogP contribution in [-0.4, -0.2) is 23.9 Å². The molecule has 0 saturated carbocycles. The molecule has 6 heteroatoms. The fourth-order valence-corrected chi connectivity index (χ4v) is 5.37. The average Bonchev–Trinajstić information content (AvgIpc) is 2.82. The maximum atomic E-state index is 13.0. The van der Waals surface area contributed by atoms with Crippen LogP contribution in [0, 0.1) is 12.8 Å². The third kappa shape index (κ3) is 6.77. The van der Waals surface area contributed by atoms with Gasteiger partial charge in [0.15, 0.2) is 0 Å². The molecule has 1 unspecified atom stereocenters. The Hall–Kier alpha value is -1.98. The fourth-order valence-electron chi connectivity index (χ4n) is 4.18. The second kappa shape index (κ2) is 11.4. The number of nitrogens with zero attached hydrogens (tertiary/aromatic N) is 1. The second-order valence-electron chi connectivity index (χ2n) is 8.56. The Kier molecular flexibility index (Phi) is 8.37. The Morgan fingerprint density at radius 2 is 1.82 bits per heavy atom. The molecule has 1 saturated heterocycles. The minimum Gasteiger partial charge on any atom is -0.326 e. The van der Waals surface area contributed by atoms with Gasteiger partial charge in [-0.05, 0) is 73.3 Å². The highest BCUT2D eigenvalue weighted by Crippen LogP contribution is 2.27. The van der Waals surface area contributed by atoms with Crippen LogP contribution in [0.2, 0.25) is 10.0 Å². The summed E-state index contributed by atoms with van der Waals surface area (Å²) in [7, 11) is 0. The van der Waals surface area contributed by atoms with E-state index in [2.05, 4.69) is 53.5 Å². The quantitative estimate of drug-likeness (QED) is 0.343. The minimum absolute atomic E-state index is 0.0192. The largest absolute Gasteiger partial charge is 0.326 e. The molecule has 0 spiro atoms. The van der Waals surface area contributed by atoms with E-state index < -0.39 is 0 Å². The summed E-state index contributed by atoms with van der Waals surface area (Å²) in [6, 6.07) is 22.5. The highest BCUT2D eigenvalue weighted by Gasteiger charge is 2.26. The van der Waals surface area contributed by atoms with E-state index >= 15 is 0 Å². The van der Waals surface area contributed by atoms with Crippen molar-refractivity contribution in [2.75, 3.05) is 18.4 Å². The molecule has 0 aromatic heterocycles. The molecule has 3 aromatic carbocycles. The van der Waals surface area contributed by atoms with Crippen LogP contribution < -0.4 is 5.32 Å². The van der Waals surface area contributed by atoms with Crippen LogP contribution in [0.15, 0.2) is 71.6 Å². The molecule has 3 nitrogen and oxygen atoms in total. The highest BCUT2D eigenvalue weighted by molar-refractivity contribution is 7.98. The molecule has 1 aliphatic heterocycles. The van der Waals surface area contributed by atoms with Gasteiger partial charge in [-0.3, -0.25) is 9.69 Å². The zero-order valence-corrected chi connectivity index (χ0v) is 21.0. The van der Waals surface area contributed by atoms with Crippen LogP contribution in [0.25, 0.3) is 0 Å². The first-order valence-corrected chi connectivity index (χ1v) is 13.0. The fraction of sp³-hybridized carbons (Fsp3) is 0.296. The van der Waals surface area contributed by atoms with E-state index in [-0.39, 0.29) is 11.8 Å². The number of nitrogens with one attached hydrogen (secondary N) is 1. The molecular weight excluding hydrogens is 471 g/mol. The number of benzene rings is 3. The number of rotatable bonds is 7. The molecule has 1 aliphatic rings. The first-order valence-electron chi connectivity index (χ1n) is 11.2. The lowest BCUT2D eigenvalue weighted by Crippen LogP contribution is -2.40. The topological polar surface area (TPSA) is 32.3 Å². The summed E-state index contributed by atoms with van der Waals surface area (Å²) in [5, 5.41) is 4.31. The normalized spacial score (nSPS) is 16.5. The maximum Gasteiger partial charge on any atom is 0.228 e. The van der Waals surface area contributed by atoms with Crippen molar-refractivity contribution in [1.29, 1.82) is 0 Å². The minimum atomic E-state index is -0.0192. The predicted octanol–water partition coefficient (Wildman–Crippen LogP) is 7.44. The van der Waals surface area contributed by atoms with Gasteiger partial charge in [0.05, 0.1) is 16.0 Å². The Morgan fingerprint density at radius 1 is 1.03 bits per heavy atom. The Morgan fingerprint density at radius 3 is 2.58 bits per heavy atom. The van der Waals surface area contributed by atoms with Gasteiger partial charge in [0.2, 0.25) is 5.91 Å². The van der Waals surface area contributed by atoms with Gasteiger partial charge in [-0.1, -0.05) is 59.6 Å². The molecular formula is C27H28Cl2N2OS. The van der Waals surface area contributed by atoms with Crippen molar-refractivity contribution in [3.05, 3.63) is 93.5 Å². The number of amides is 1. The Balaban J connectivity index is 1.32. The van der Waals surface area contributed by atoms with E-state index in [1.807, 2.05) is 42.1 Å². The van der Waals surface area contributed by atoms with Crippen LogP contribution in [0.1, 0.15) is 29.5 Å². The zero-order valence-electron chi connectivity index (χ0n) is 18.7. The summed E-state index contributed by atoms with van der Waals surface area (Å²) in [6.45, 7) is 4.56. The number of thioether (sulfide) groups is 1. The number of hydrogen-bond acceptors (Lipinski definition) is 3. The molecule has 1 amide bonds. The molecule has 0 radical (unpaired) electrons. The Bertz CT molecular complexity index is 1110. The summed E-state index contributed by atoms with van der Waals surface area (Å²) in [6.07, 6.45) is 1.92. The van der Waals surface area contributed by atoms with E-state index in [0.717, 1.165) is 55.0 Å². The van der Waals surface area contributed by atoms with Crippen LogP contribution in [0.3, 0.4) is 0 Å². The number of likely N-dealkylation sites (tertiary alicyclic amines) is 1. The molecule has 3 aromatic rings. The van der Waals surface area contributed by atoms with Crippen molar-refractivity contribution in [3.8, 4) is 0 Å². The lowest BCUT2D eigenvalue weighted by molar-refractivity contribution is -0.121. The highest BCUT2D eigenvalue weighted by atomic mass is 35.5. The molecule has 1 N–H and O–H groups in total. The van der Waals surface area contributed by atoms with Crippen molar-refractivity contribution < 1.29 is 4.79 Å². The van der Waals surface area contributed by atoms with Gasteiger partial charge < -0.3 is 5.32 Å². The lowest BCUT2D eigenvalue weighted by atomic mass is 9.96. The van der Waals surface area contributed by atoms with Crippen LogP contribution in [0.5, 0.6) is 0 Å². The third-order valence-electron chi connectivity index (χ3n) is 5.96. The van der Waals surface area contributed by atoms with Crippen molar-refractivity contribution in [1.82, 2.24) is 4.90 Å². The first-order chi connectivity index (χ1) is 16.0. The lowest BCUT2D eigenvalue weighted by Gasteiger charge is -2.32. The molecule has 33 heavy (non-hydrogen) atoms. The predicted molar refractivity (Wildman–Crippen MR) is 140 cm³/mol. The van der Waals surface area contributed by atoms with Crippen molar-refractivity contribution in [2.24, 2.45) is 5.92 Å². The maximum absolute atomic E-state index is 13.0. The van der Waals surface area contributed by atoms with Gasteiger partial charge in [-0.15, -0.1) is 11.8 Å². The SMILES string of the molecule is Cc1cc(CSc2ccccc2)ccc1NC(=O)C1CCCN(Cc2ccc(Cl)c(Cl)c2)C1. The monoisotopic (exact) mass is 498 g/mol. The van der Waals surface area contributed by atoms with E-state index in [4.69, 9.17) is 23.2 Å². The van der Waals surface area contributed by atoms with Crippen LogP contribution in [0.4, 0.5) is 5.69 Å². The number of halogens is 2. The van der Waals surface area contributed by atoms with Crippen LogP contribution in [-0.2, 0) is 17.1 Å². The molecule has 0 aliphatic carbocycles.